The minimum absolute atomic E-state index is 0.0105. The molecular formula is C11H15NO3. The first-order valence-electron chi connectivity index (χ1n) is 5.06. The molecule has 0 amide bonds. The van der Waals surface area contributed by atoms with Gasteiger partial charge in [0.25, 0.3) is 0 Å². The molecule has 1 atom stereocenters. The fraction of sp³-hybridized carbons (Fsp3) is 0.455. The fourth-order valence-electron chi connectivity index (χ4n) is 1.50. The van der Waals surface area contributed by atoms with Gasteiger partial charge in [0.15, 0.2) is 11.5 Å². The van der Waals surface area contributed by atoms with Crippen LogP contribution >= 0.6 is 0 Å². The maximum absolute atomic E-state index is 5.66. The van der Waals surface area contributed by atoms with Crippen LogP contribution in [0.2, 0.25) is 0 Å². The van der Waals surface area contributed by atoms with Crippen molar-refractivity contribution in [3.8, 4) is 11.5 Å². The van der Waals surface area contributed by atoms with E-state index in [1.165, 1.54) is 0 Å². The van der Waals surface area contributed by atoms with Crippen molar-refractivity contribution in [2.75, 3.05) is 25.6 Å². The molecule has 0 radical (unpaired) electrons. The highest BCUT2D eigenvalue weighted by Gasteiger charge is 2.18. The van der Waals surface area contributed by atoms with Gasteiger partial charge in [0.2, 0.25) is 0 Å². The van der Waals surface area contributed by atoms with E-state index in [1.807, 2.05) is 13.0 Å². The monoisotopic (exact) mass is 209 g/mol. The largest absolute Gasteiger partial charge is 0.487 e. The van der Waals surface area contributed by atoms with E-state index in [1.54, 1.807) is 12.1 Å². The lowest BCUT2D eigenvalue weighted by molar-refractivity contribution is 0.00941. The van der Waals surface area contributed by atoms with Crippen molar-refractivity contribution in [3.05, 3.63) is 18.2 Å². The minimum Gasteiger partial charge on any atom is -0.487 e. The summed E-state index contributed by atoms with van der Waals surface area (Å²) in [4.78, 5) is 0. The summed E-state index contributed by atoms with van der Waals surface area (Å²) in [5.41, 5.74) is 6.33. The quantitative estimate of drug-likeness (QED) is 0.749. The number of hydrogen-bond donors (Lipinski definition) is 1. The number of anilines is 1. The second kappa shape index (κ2) is 4.40. The third kappa shape index (κ3) is 2.33. The molecule has 0 aliphatic carbocycles. The van der Waals surface area contributed by atoms with Crippen LogP contribution in [-0.4, -0.2) is 25.9 Å². The molecule has 4 nitrogen and oxygen atoms in total. The summed E-state index contributed by atoms with van der Waals surface area (Å²) in [6.07, 6.45) is -0.0105. The van der Waals surface area contributed by atoms with Crippen LogP contribution in [0.3, 0.4) is 0 Å². The Hall–Kier alpha value is -1.42. The second-order valence-electron chi connectivity index (χ2n) is 3.41. The van der Waals surface area contributed by atoms with Gasteiger partial charge in [-0.3, -0.25) is 0 Å². The van der Waals surface area contributed by atoms with Gasteiger partial charge in [-0.05, 0) is 19.1 Å². The average Bonchev–Trinajstić information content (AvgIpc) is 2.42. The predicted molar refractivity (Wildman–Crippen MR) is 57.3 cm³/mol. The van der Waals surface area contributed by atoms with Gasteiger partial charge in [-0.15, -0.1) is 0 Å². The highest BCUT2D eigenvalue weighted by Crippen LogP contribution is 2.31. The lowest BCUT2D eigenvalue weighted by atomic mass is 10.3. The lowest BCUT2D eigenvalue weighted by Crippen LogP contribution is -2.26. The van der Waals surface area contributed by atoms with Crippen LogP contribution in [0.5, 0.6) is 11.5 Å². The topological polar surface area (TPSA) is 53.7 Å². The molecule has 1 aliphatic heterocycles. The smallest absolute Gasteiger partial charge is 0.163 e. The van der Waals surface area contributed by atoms with Crippen molar-refractivity contribution in [2.45, 2.75) is 13.0 Å². The first-order chi connectivity index (χ1) is 7.29. The molecule has 0 fully saturated rings. The standard InChI is InChI=1S/C11H15NO3/c1-2-13-9-6-14-10-4-3-8(12)5-11(10)15-7-9/h3-5,9H,2,6-7,12H2,1H3/t9-/m1/s1. The number of hydrogen-bond acceptors (Lipinski definition) is 4. The Morgan fingerprint density at radius 1 is 1.33 bits per heavy atom. The van der Waals surface area contributed by atoms with E-state index in [-0.39, 0.29) is 6.10 Å². The molecule has 2 N–H and O–H groups in total. The number of nitrogen functional groups attached to an aromatic ring is 1. The van der Waals surface area contributed by atoms with E-state index in [0.717, 1.165) is 5.75 Å². The van der Waals surface area contributed by atoms with Gasteiger partial charge in [0.05, 0.1) is 0 Å². The van der Waals surface area contributed by atoms with Gasteiger partial charge in [0, 0.05) is 18.4 Å². The molecule has 2 rings (SSSR count). The summed E-state index contributed by atoms with van der Waals surface area (Å²) < 4.78 is 16.6. The number of rotatable bonds is 2. The minimum atomic E-state index is -0.0105. The third-order valence-corrected chi connectivity index (χ3v) is 2.22. The van der Waals surface area contributed by atoms with Gasteiger partial charge in [-0.2, -0.15) is 0 Å². The normalized spacial score (nSPS) is 19.7. The van der Waals surface area contributed by atoms with Crippen LogP contribution in [0.1, 0.15) is 6.92 Å². The van der Waals surface area contributed by atoms with Crippen molar-refractivity contribution >= 4 is 5.69 Å². The molecule has 1 aromatic carbocycles. The maximum Gasteiger partial charge on any atom is 0.163 e. The molecule has 0 bridgehead atoms. The summed E-state index contributed by atoms with van der Waals surface area (Å²) >= 11 is 0. The van der Waals surface area contributed by atoms with Crippen molar-refractivity contribution in [3.63, 3.8) is 0 Å². The van der Waals surface area contributed by atoms with Crippen LogP contribution in [0.15, 0.2) is 18.2 Å². The molecule has 15 heavy (non-hydrogen) atoms. The van der Waals surface area contributed by atoms with E-state index >= 15 is 0 Å². The van der Waals surface area contributed by atoms with E-state index in [2.05, 4.69) is 0 Å². The van der Waals surface area contributed by atoms with Gasteiger partial charge >= 0.3 is 0 Å². The van der Waals surface area contributed by atoms with Crippen LogP contribution in [0.25, 0.3) is 0 Å². The predicted octanol–water partition coefficient (Wildman–Crippen LogP) is 1.45. The zero-order valence-electron chi connectivity index (χ0n) is 8.73. The molecule has 0 saturated carbocycles. The molecule has 4 heteroatoms. The van der Waals surface area contributed by atoms with Crippen molar-refractivity contribution < 1.29 is 14.2 Å². The van der Waals surface area contributed by atoms with E-state index in [9.17, 15) is 0 Å². The average molecular weight is 209 g/mol. The Labute approximate surface area is 88.9 Å². The Bertz CT molecular complexity index is 341. The summed E-state index contributed by atoms with van der Waals surface area (Å²) in [5.74, 6) is 1.42. The Morgan fingerprint density at radius 2 is 2.07 bits per heavy atom. The lowest BCUT2D eigenvalue weighted by Gasteiger charge is -2.12. The summed E-state index contributed by atoms with van der Waals surface area (Å²) in [6.45, 7) is 3.64. The zero-order valence-corrected chi connectivity index (χ0v) is 8.73. The Balaban J connectivity index is 2.11. The van der Waals surface area contributed by atoms with Crippen LogP contribution in [0.4, 0.5) is 5.69 Å². The number of benzene rings is 1. The molecule has 0 unspecified atom stereocenters. The van der Waals surface area contributed by atoms with Crippen molar-refractivity contribution in [1.82, 2.24) is 0 Å². The molecular weight excluding hydrogens is 194 g/mol. The van der Waals surface area contributed by atoms with Gasteiger partial charge in [0.1, 0.15) is 19.3 Å². The second-order valence-corrected chi connectivity index (χ2v) is 3.41. The summed E-state index contributed by atoms with van der Waals surface area (Å²) in [5, 5.41) is 0. The van der Waals surface area contributed by atoms with E-state index in [4.69, 9.17) is 19.9 Å². The summed E-state index contributed by atoms with van der Waals surface area (Å²) in [7, 11) is 0. The molecule has 0 aromatic heterocycles. The first kappa shape index (κ1) is 10.1. The number of fused-ring (bicyclic) bond motifs is 1. The molecule has 1 aliphatic rings. The number of ether oxygens (including phenoxy) is 3. The Morgan fingerprint density at radius 3 is 2.80 bits per heavy atom. The molecule has 0 saturated heterocycles. The van der Waals surface area contributed by atoms with E-state index < -0.39 is 0 Å². The van der Waals surface area contributed by atoms with Crippen molar-refractivity contribution in [2.24, 2.45) is 0 Å². The highest BCUT2D eigenvalue weighted by molar-refractivity contribution is 5.52. The van der Waals surface area contributed by atoms with Gasteiger partial charge in [-0.1, -0.05) is 0 Å². The number of nitrogens with two attached hydrogens (primary N) is 1. The van der Waals surface area contributed by atoms with E-state index in [0.29, 0.717) is 31.3 Å². The molecule has 1 heterocycles. The molecule has 1 aromatic rings. The summed E-state index contributed by atoms with van der Waals surface area (Å²) in [6, 6.07) is 5.38. The van der Waals surface area contributed by atoms with Crippen LogP contribution in [-0.2, 0) is 4.74 Å². The fourth-order valence-corrected chi connectivity index (χ4v) is 1.50. The van der Waals surface area contributed by atoms with Gasteiger partial charge in [-0.25, -0.2) is 0 Å². The first-order valence-corrected chi connectivity index (χ1v) is 5.06. The third-order valence-electron chi connectivity index (χ3n) is 2.22. The Kier molecular flexibility index (Phi) is 2.97. The molecule has 0 spiro atoms. The SMILES string of the molecule is CCO[C@@H]1COc2ccc(N)cc2OC1. The van der Waals surface area contributed by atoms with Gasteiger partial charge < -0.3 is 19.9 Å². The van der Waals surface area contributed by atoms with Crippen LogP contribution in [0, 0.1) is 0 Å². The van der Waals surface area contributed by atoms with Crippen LogP contribution < -0.4 is 15.2 Å². The maximum atomic E-state index is 5.66. The zero-order chi connectivity index (χ0) is 10.7. The van der Waals surface area contributed by atoms with Crippen molar-refractivity contribution in [1.29, 1.82) is 0 Å². The molecule has 82 valence electrons. The highest BCUT2D eigenvalue weighted by atomic mass is 16.6.